The number of fused-ring (bicyclic) bond motifs is 1. The highest BCUT2D eigenvalue weighted by molar-refractivity contribution is 7.83. The normalized spacial score (nSPS) is 12.7. The second-order valence-corrected chi connectivity index (χ2v) is 7.46. The summed E-state index contributed by atoms with van der Waals surface area (Å²) in [6, 6.07) is 4.00. The SMILES string of the molecule is Cc1cccn2cc(C[S@](=O)Cc3nsc(N(C)C)n3)nc12. The predicted octanol–water partition coefficient (Wildman–Crippen LogP) is 2.01. The van der Waals surface area contributed by atoms with Crippen LogP contribution >= 0.6 is 11.5 Å². The minimum atomic E-state index is -1.07. The second-order valence-electron chi connectivity index (χ2n) is 5.27. The highest BCUT2D eigenvalue weighted by Gasteiger charge is 2.12. The van der Waals surface area contributed by atoms with Gasteiger partial charge in [0.1, 0.15) is 5.65 Å². The monoisotopic (exact) mass is 335 g/mol. The summed E-state index contributed by atoms with van der Waals surface area (Å²) in [6.07, 6.45) is 3.88. The molecule has 3 rings (SSSR count). The summed E-state index contributed by atoms with van der Waals surface area (Å²) in [7, 11) is 2.77. The Balaban J connectivity index is 1.71. The summed E-state index contributed by atoms with van der Waals surface area (Å²) < 4.78 is 18.5. The van der Waals surface area contributed by atoms with Crippen LogP contribution in [0.3, 0.4) is 0 Å². The average Bonchev–Trinajstić information content (AvgIpc) is 3.06. The Hall–Kier alpha value is -1.80. The van der Waals surface area contributed by atoms with E-state index in [4.69, 9.17) is 0 Å². The fourth-order valence-corrected chi connectivity index (χ4v) is 3.79. The van der Waals surface area contributed by atoms with Crippen molar-refractivity contribution in [1.29, 1.82) is 0 Å². The first-order chi connectivity index (χ1) is 10.5. The largest absolute Gasteiger partial charge is 0.353 e. The quantitative estimate of drug-likeness (QED) is 0.714. The van der Waals surface area contributed by atoms with Crippen LogP contribution < -0.4 is 4.90 Å². The fraction of sp³-hybridized carbons (Fsp3) is 0.357. The zero-order chi connectivity index (χ0) is 15.7. The highest BCUT2D eigenvalue weighted by Crippen LogP contribution is 2.16. The molecule has 0 fully saturated rings. The van der Waals surface area contributed by atoms with Gasteiger partial charge in [-0.2, -0.15) is 4.37 Å². The van der Waals surface area contributed by atoms with Crippen molar-refractivity contribution >= 4 is 33.1 Å². The van der Waals surface area contributed by atoms with E-state index in [1.165, 1.54) is 11.5 Å². The number of nitrogens with zero attached hydrogens (tertiary/aromatic N) is 5. The lowest BCUT2D eigenvalue weighted by atomic mass is 10.3. The van der Waals surface area contributed by atoms with Crippen LogP contribution in [0, 0.1) is 6.92 Å². The van der Waals surface area contributed by atoms with Crippen molar-refractivity contribution in [3.05, 3.63) is 41.6 Å². The molecule has 0 aliphatic heterocycles. The Morgan fingerprint density at radius 1 is 1.32 bits per heavy atom. The molecule has 0 unspecified atom stereocenters. The summed E-state index contributed by atoms with van der Waals surface area (Å²) in [5.41, 5.74) is 2.85. The van der Waals surface area contributed by atoms with Gasteiger partial charge in [0.25, 0.3) is 0 Å². The van der Waals surface area contributed by atoms with Crippen molar-refractivity contribution in [2.45, 2.75) is 18.4 Å². The van der Waals surface area contributed by atoms with Crippen LogP contribution in [0.1, 0.15) is 17.1 Å². The molecule has 3 heterocycles. The molecule has 0 N–H and O–H groups in total. The molecule has 22 heavy (non-hydrogen) atoms. The number of pyridine rings is 1. The van der Waals surface area contributed by atoms with Crippen molar-refractivity contribution in [1.82, 2.24) is 18.7 Å². The number of hydrogen-bond acceptors (Lipinski definition) is 6. The predicted molar refractivity (Wildman–Crippen MR) is 89.7 cm³/mol. The van der Waals surface area contributed by atoms with Gasteiger partial charge in [0, 0.05) is 48.8 Å². The first-order valence-electron chi connectivity index (χ1n) is 6.81. The molecule has 0 amide bonds. The van der Waals surface area contributed by atoms with Gasteiger partial charge in [-0.25, -0.2) is 9.97 Å². The molecule has 0 saturated heterocycles. The third-order valence-corrected chi connectivity index (χ3v) is 5.29. The van der Waals surface area contributed by atoms with Gasteiger partial charge < -0.3 is 9.30 Å². The number of aryl methyl sites for hydroxylation is 1. The van der Waals surface area contributed by atoms with E-state index in [1.807, 2.05) is 54.8 Å². The summed E-state index contributed by atoms with van der Waals surface area (Å²) in [4.78, 5) is 10.8. The summed E-state index contributed by atoms with van der Waals surface area (Å²) in [5.74, 6) is 1.40. The van der Waals surface area contributed by atoms with Crippen LogP contribution in [0.2, 0.25) is 0 Å². The van der Waals surface area contributed by atoms with Gasteiger partial charge in [-0.1, -0.05) is 6.07 Å². The Morgan fingerprint density at radius 3 is 2.82 bits per heavy atom. The molecular formula is C14H17N5OS2. The molecule has 3 aromatic heterocycles. The van der Waals surface area contributed by atoms with Crippen LogP contribution in [0.4, 0.5) is 5.13 Å². The summed E-state index contributed by atoms with van der Waals surface area (Å²) in [5, 5.41) is 0.829. The third kappa shape index (κ3) is 3.17. The first kappa shape index (κ1) is 15.1. The second kappa shape index (κ2) is 6.13. The van der Waals surface area contributed by atoms with Crippen molar-refractivity contribution in [3.63, 3.8) is 0 Å². The number of imidazole rings is 1. The average molecular weight is 335 g/mol. The topological polar surface area (TPSA) is 63.4 Å². The Bertz CT molecular complexity index is 824. The molecule has 0 bridgehead atoms. The molecule has 0 spiro atoms. The standard InChI is InChI=1S/C14H17N5OS2/c1-10-5-4-6-19-7-11(15-13(10)19)8-22(20)9-12-16-14(18(2)3)21-17-12/h4-7H,8-9H2,1-3H3/t22-/m0/s1. The molecule has 0 aliphatic carbocycles. The van der Waals surface area contributed by atoms with Crippen LogP contribution in [0.5, 0.6) is 0 Å². The Labute approximate surface area is 135 Å². The lowest BCUT2D eigenvalue weighted by molar-refractivity contribution is 0.681. The molecule has 8 heteroatoms. The summed E-state index contributed by atoms with van der Waals surface area (Å²) >= 11 is 1.32. The summed E-state index contributed by atoms with van der Waals surface area (Å²) in [6.45, 7) is 2.02. The maximum absolute atomic E-state index is 12.3. The molecule has 116 valence electrons. The van der Waals surface area contributed by atoms with E-state index in [9.17, 15) is 4.21 Å². The number of aromatic nitrogens is 4. The lowest BCUT2D eigenvalue weighted by Gasteiger charge is -2.04. The Kier molecular flexibility index (Phi) is 4.21. The van der Waals surface area contributed by atoms with Crippen LogP contribution in [0.25, 0.3) is 5.65 Å². The van der Waals surface area contributed by atoms with Gasteiger partial charge in [-0.15, -0.1) is 0 Å². The first-order valence-corrected chi connectivity index (χ1v) is 9.07. The van der Waals surface area contributed by atoms with Crippen molar-refractivity contribution in [2.24, 2.45) is 0 Å². The molecule has 1 atom stereocenters. The van der Waals surface area contributed by atoms with E-state index in [0.717, 1.165) is 22.0 Å². The molecular weight excluding hydrogens is 318 g/mol. The van der Waals surface area contributed by atoms with Crippen molar-refractivity contribution < 1.29 is 4.21 Å². The zero-order valence-electron chi connectivity index (χ0n) is 12.7. The molecule has 6 nitrogen and oxygen atoms in total. The van der Waals surface area contributed by atoms with Gasteiger partial charge >= 0.3 is 0 Å². The maximum atomic E-state index is 12.3. The highest BCUT2D eigenvalue weighted by atomic mass is 32.2. The number of hydrogen-bond donors (Lipinski definition) is 0. The van der Waals surface area contributed by atoms with E-state index in [1.54, 1.807) is 0 Å². The van der Waals surface area contributed by atoms with Crippen LogP contribution in [0.15, 0.2) is 24.5 Å². The van der Waals surface area contributed by atoms with E-state index in [0.29, 0.717) is 17.3 Å². The number of anilines is 1. The van der Waals surface area contributed by atoms with Gasteiger partial charge in [0.15, 0.2) is 5.82 Å². The van der Waals surface area contributed by atoms with Crippen LogP contribution in [-0.4, -0.2) is 37.0 Å². The fourth-order valence-electron chi connectivity index (χ4n) is 2.12. The maximum Gasteiger partial charge on any atom is 0.204 e. The van der Waals surface area contributed by atoms with Gasteiger partial charge in [0.05, 0.1) is 17.2 Å². The Morgan fingerprint density at radius 2 is 2.14 bits per heavy atom. The van der Waals surface area contributed by atoms with Gasteiger partial charge in [-0.3, -0.25) is 4.21 Å². The van der Waals surface area contributed by atoms with Crippen LogP contribution in [-0.2, 0) is 22.3 Å². The lowest BCUT2D eigenvalue weighted by Crippen LogP contribution is -2.08. The van der Waals surface area contributed by atoms with Gasteiger partial charge in [-0.05, 0) is 18.6 Å². The molecule has 0 aromatic carbocycles. The van der Waals surface area contributed by atoms with E-state index >= 15 is 0 Å². The van der Waals surface area contributed by atoms with Gasteiger partial charge in [0.2, 0.25) is 5.13 Å². The minimum absolute atomic E-state index is 0.358. The third-order valence-electron chi connectivity index (χ3n) is 3.17. The molecule has 0 radical (unpaired) electrons. The van der Waals surface area contributed by atoms with E-state index < -0.39 is 10.8 Å². The zero-order valence-corrected chi connectivity index (χ0v) is 14.3. The smallest absolute Gasteiger partial charge is 0.204 e. The molecule has 0 aliphatic rings. The van der Waals surface area contributed by atoms with Crippen molar-refractivity contribution in [3.8, 4) is 0 Å². The van der Waals surface area contributed by atoms with Crippen molar-refractivity contribution in [2.75, 3.05) is 19.0 Å². The minimum Gasteiger partial charge on any atom is -0.353 e. The number of rotatable bonds is 5. The van der Waals surface area contributed by atoms with E-state index in [2.05, 4.69) is 14.3 Å². The van der Waals surface area contributed by atoms with E-state index in [-0.39, 0.29) is 0 Å². The molecule has 3 aromatic rings. The molecule has 0 saturated carbocycles.